The van der Waals surface area contributed by atoms with E-state index in [1.807, 2.05) is 0 Å². The minimum atomic E-state index is -0.772. The number of hydrogen-bond acceptors (Lipinski definition) is 2. The molecule has 1 aromatic carbocycles. The molecule has 1 rings (SSSR count). The van der Waals surface area contributed by atoms with Crippen molar-refractivity contribution in [2.24, 2.45) is 0 Å². The maximum Gasteiger partial charge on any atom is 0.321 e. The molecule has 1 atom stereocenters. The number of nitrogens with one attached hydrogen (secondary N) is 2. The van der Waals surface area contributed by atoms with Crippen molar-refractivity contribution >= 4 is 23.5 Å². The average molecular weight is 259 g/mol. The lowest BCUT2D eigenvalue weighted by Gasteiger charge is -2.07. The largest absolute Gasteiger partial charge is 0.334 e. The summed E-state index contributed by atoms with van der Waals surface area (Å²) in [5.41, 5.74) is 0.730. The Morgan fingerprint density at radius 1 is 1.35 bits per heavy atom. The molecule has 92 valence electrons. The molecule has 6 heteroatoms. The third-order valence-electron chi connectivity index (χ3n) is 1.96. The third kappa shape index (κ3) is 4.82. The molecular formula is C11H12ClFN2O2. The lowest BCUT2D eigenvalue weighted by Crippen LogP contribution is -2.41. The maximum absolute atomic E-state index is 12.6. The lowest BCUT2D eigenvalue weighted by molar-refractivity contribution is -0.119. The lowest BCUT2D eigenvalue weighted by atomic mass is 10.2. The number of rotatable bonds is 3. The van der Waals surface area contributed by atoms with Gasteiger partial charge in [0.2, 0.25) is 5.91 Å². The first-order valence-corrected chi connectivity index (χ1v) is 5.40. The molecular weight excluding hydrogens is 247 g/mol. The SMILES string of the molecule is CC(Cl)C(=O)NC(=O)NCc1ccc(F)cc1. The van der Waals surface area contributed by atoms with Gasteiger partial charge in [0.1, 0.15) is 11.2 Å². The number of alkyl halides is 1. The number of hydrogen-bond donors (Lipinski definition) is 2. The molecule has 0 aliphatic carbocycles. The van der Waals surface area contributed by atoms with Crippen molar-refractivity contribution in [3.8, 4) is 0 Å². The van der Waals surface area contributed by atoms with Gasteiger partial charge in [-0.15, -0.1) is 11.6 Å². The number of imide groups is 1. The normalized spacial score (nSPS) is 11.7. The zero-order valence-corrected chi connectivity index (χ0v) is 9.92. The summed E-state index contributed by atoms with van der Waals surface area (Å²) >= 11 is 5.47. The Morgan fingerprint density at radius 3 is 2.47 bits per heavy atom. The molecule has 0 saturated heterocycles. The first-order valence-electron chi connectivity index (χ1n) is 4.96. The standard InChI is InChI=1S/C11H12ClFN2O2/c1-7(12)10(16)15-11(17)14-6-8-2-4-9(13)5-3-8/h2-5,7H,6H2,1H3,(H2,14,15,16,17). The summed E-state index contributed by atoms with van der Waals surface area (Å²) in [6.45, 7) is 1.67. The number of amides is 3. The van der Waals surface area contributed by atoms with Gasteiger partial charge in [0, 0.05) is 6.54 Å². The van der Waals surface area contributed by atoms with Crippen LogP contribution in [0.2, 0.25) is 0 Å². The van der Waals surface area contributed by atoms with E-state index in [9.17, 15) is 14.0 Å². The van der Waals surface area contributed by atoms with Crippen molar-refractivity contribution in [1.29, 1.82) is 0 Å². The average Bonchev–Trinajstić information content (AvgIpc) is 2.28. The second kappa shape index (κ2) is 6.20. The van der Waals surface area contributed by atoms with Gasteiger partial charge in [-0.1, -0.05) is 12.1 Å². The van der Waals surface area contributed by atoms with Gasteiger partial charge < -0.3 is 5.32 Å². The van der Waals surface area contributed by atoms with E-state index in [1.165, 1.54) is 19.1 Å². The fraction of sp³-hybridized carbons (Fsp3) is 0.273. The van der Waals surface area contributed by atoms with E-state index in [0.717, 1.165) is 5.56 Å². The fourth-order valence-electron chi connectivity index (χ4n) is 1.04. The zero-order chi connectivity index (χ0) is 12.8. The highest BCUT2D eigenvalue weighted by atomic mass is 35.5. The first kappa shape index (κ1) is 13.4. The summed E-state index contributed by atoms with van der Waals surface area (Å²) in [5.74, 6) is -0.910. The van der Waals surface area contributed by atoms with Crippen LogP contribution in [0.5, 0.6) is 0 Å². The van der Waals surface area contributed by atoms with Crippen molar-refractivity contribution < 1.29 is 14.0 Å². The van der Waals surface area contributed by atoms with E-state index >= 15 is 0 Å². The molecule has 1 unspecified atom stereocenters. The molecule has 0 radical (unpaired) electrons. The van der Waals surface area contributed by atoms with E-state index < -0.39 is 17.3 Å². The van der Waals surface area contributed by atoms with Crippen LogP contribution in [0.4, 0.5) is 9.18 Å². The minimum Gasteiger partial charge on any atom is -0.334 e. The Balaban J connectivity index is 2.38. The summed E-state index contributed by atoms with van der Waals surface area (Å²) in [6, 6.07) is 5.04. The van der Waals surface area contributed by atoms with E-state index in [2.05, 4.69) is 10.6 Å². The summed E-state index contributed by atoms with van der Waals surface area (Å²) in [6.07, 6.45) is 0. The Labute approximate surface area is 103 Å². The van der Waals surface area contributed by atoms with Crippen LogP contribution in [0.3, 0.4) is 0 Å². The Bertz CT molecular complexity index is 406. The van der Waals surface area contributed by atoms with Crippen LogP contribution in [-0.4, -0.2) is 17.3 Å². The van der Waals surface area contributed by atoms with Gasteiger partial charge in [-0.25, -0.2) is 9.18 Å². The van der Waals surface area contributed by atoms with Gasteiger partial charge in [-0.2, -0.15) is 0 Å². The van der Waals surface area contributed by atoms with Crippen LogP contribution in [0.25, 0.3) is 0 Å². The van der Waals surface area contributed by atoms with Crippen molar-refractivity contribution in [3.63, 3.8) is 0 Å². The fourth-order valence-corrected chi connectivity index (χ4v) is 1.09. The van der Waals surface area contributed by atoms with Crippen LogP contribution >= 0.6 is 11.6 Å². The molecule has 2 N–H and O–H groups in total. The second-order valence-electron chi connectivity index (χ2n) is 3.41. The highest BCUT2D eigenvalue weighted by Crippen LogP contribution is 2.01. The molecule has 4 nitrogen and oxygen atoms in total. The van der Waals surface area contributed by atoms with Crippen molar-refractivity contribution in [3.05, 3.63) is 35.6 Å². The number of carbonyl (C=O) groups excluding carboxylic acids is 2. The molecule has 0 bridgehead atoms. The molecule has 1 aromatic rings. The van der Waals surface area contributed by atoms with Crippen molar-refractivity contribution in [2.75, 3.05) is 0 Å². The van der Waals surface area contributed by atoms with Gasteiger partial charge in [0.05, 0.1) is 0 Å². The predicted molar refractivity (Wildman–Crippen MR) is 62.1 cm³/mol. The summed E-state index contributed by atoms with van der Waals surface area (Å²) in [4.78, 5) is 22.3. The van der Waals surface area contributed by atoms with E-state index in [-0.39, 0.29) is 12.4 Å². The number of carbonyl (C=O) groups is 2. The third-order valence-corrected chi connectivity index (χ3v) is 2.16. The Kier molecular flexibility index (Phi) is 4.90. The quantitative estimate of drug-likeness (QED) is 0.812. The monoisotopic (exact) mass is 258 g/mol. The summed E-state index contributed by atoms with van der Waals surface area (Å²) in [7, 11) is 0. The molecule has 0 aromatic heterocycles. The van der Waals surface area contributed by atoms with Crippen LogP contribution in [0, 0.1) is 5.82 Å². The molecule has 0 aliphatic rings. The molecule has 0 aliphatic heterocycles. The number of benzene rings is 1. The molecule has 0 fully saturated rings. The smallest absolute Gasteiger partial charge is 0.321 e. The van der Waals surface area contributed by atoms with Crippen LogP contribution in [-0.2, 0) is 11.3 Å². The van der Waals surface area contributed by atoms with Gasteiger partial charge in [-0.3, -0.25) is 10.1 Å². The van der Waals surface area contributed by atoms with E-state index in [4.69, 9.17) is 11.6 Å². The molecule has 0 heterocycles. The van der Waals surface area contributed by atoms with Gasteiger partial charge in [0.25, 0.3) is 0 Å². The summed E-state index contributed by atoms with van der Waals surface area (Å²) < 4.78 is 12.6. The van der Waals surface area contributed by atoms with Gasteiger partial charge in [0.15, 0.2) is 0 Å². The van der Waals surface area contributed by atoms with Crippen LogP contribution in [0.1, 0.15) is 12.5 Å². The van der Waals surface area contributed by atoms with E-state index in [0.29, 0.717) is 0 Å². The second-order valence-corrected chi connectivity index (χ2v) is 4.07. The Morgan fingerprint density at radius 2 is 1.94 bits per heavy atom. The molecule has 17 heavy (non-hydrogen) atoms. The summed E-state index contributed by atoms with van der Waals surface area (Å²) in [5, 5.41) is 3.75. The van der Waals surface area contributed by atoms with Crippen molar-refractivity contribution in [2.45, 2.75) is 18.8 Å². The number of urea groups is 1. The molecule has 3 amide bonds. The first-order chi connectivity index (χ1) is 7.99. The number of halogens is 2. The van der Waals surface area contributed by atoms with E-state index in [1.54, 1.807) is 12.1 Å². The minimum absolute atomic E-state index is 0.204. The maximum atomic E-state index is 12.6. The highest BCUT2D eigenvalue weighted by Gasteiger charge is 2.12. The Hall–Kier alpha value is -1.62. The van der Waals surface area contributed by atoms with Crippen molar-refractivity contribution in [1.82, 2.24) is 10.6 Å². The van der Waals surface area contributed by atoms with Gasteiger partial charge >= 0.3 is 6.03 Å². The molecule has 0 spiro atoms. The van der Waals surface area contributed by atoms with Crippen LogP contribution < -0.4 is 10.6 Å². The van der Waals surface area contributed by atoms with Crippen LogP contribution in [0.15, 0.2) is 24.3 Å². The topological polar surface area (TPSA) is 58.2 Å². The zero-order valence-electron chi connectivity index (χ0n) is 9.17. The predicted octanol–water partition coefficient (Wildman–Crippen LogP) is 1.78. The molecule has 0 saturated carbocycles. The van der Waals surface area contributed by atoms with Gasteiger partial charge in [-0.05, 0) is 24.6 Å². The highest BCUT2D eigenvalue weighted by molar-refractivity contribution is 6.31.